The molecule has 0 fully saturated rings. The SMILES string of the molecule is C1=CC2=C(CC1)C(c1ccccc1)(c1ccc3c(c1)c1ccc4c(c5ccccc5n4-c4ccccc4)c1n3-c1ccccc1)c1ccccc12. The highest BCUT2D eigenvalue weighted by atomic mass is 15.0. The van der Waals surface area contributed by atoms with Crippen LogP contribution in [0.5, 0.6) is 0 Å². The molecule has 0 amide bonds. The summed E-state index contributed by atoms with van der Waals surface area (Å²) in [5, 5.41) is 5.08. The summed E-state index contributed by atoms with van der Waals surface area (Å²) < 4.78 is 4.93. The fourth-order valence-corrected chi connectivity index (χ4v) is 9.52. The molecule has 7 aromatic carbocycles. The Hall–Kier alpha value is -6.38. The molecule has 0 spiro atoms. The molecule has 51 heavy (non-hydrogen) atoms. The average molecular weight is 651 g/mol. The second-order valence-electron chi connectivity index (χ2n) is 13.9. The Balaban J connectivity index is 1.30. The number of fused-ring (bicyclic) bond motifs is 9. The van der Waals surface area contributed by atoms with E-state index in [0.29, 0.717) is 0 Å². The molecule has 2 aromatic heterocycles. The first kappa shape index (κ1) is 28.5. The normalized spacial score (nSPS) is 16.8. The minimum absolute atomic E-state index is 0.374. The van der Waals surface area contributed by atoms with E-state index in [2.05, 4.69) is 191 Å². The van der Waals surface area contributed by atoms with Crippen molar-refractivity contribution in [2.45, 2.75) is 18.3 Å². The van der Waals surface area contributed by atoms with Crippen molar-refractivity contribution in [1.29, 1.82) is 0 Å². The van der Waals surface area contributed by atoms with E-state index in [1.54, 1.807) is 0 Å². The van der Waals surface area contributed by atoms with Crippen LogP contribution in [-0.4, -0.2) is 9.13 Å². The molecule has 0 bridgehead atoms. The minimum atomic E-state index is -0.374. The monoisotopic (exact) mass is 650 g/mol. The molecule has 2 aliphatic rings. The number of hydrogen-bond donors (Lipinski definition) is 0. The molecule has 2 aliphatic carbocycles. The minimum Gasteiger partial charge on any atom is -0.309 e. The third-order valence-corrected chi connectivity index (χ3v) is 11.5. The predicted octanol–water partition coefficient (Wildman–Crippen LogP) is 12.3. The quantitative estimate of drug-likeness (QED) is 0.179. The highest BCUT2D eigenvalue weighted by molar-refractivity contribution is 6.26. The Labute approximate surface area is 296 Å². The van der Waals surface area contributed by atoms with Crippen LogP contribution in [0, 0.1) is 0 Å². The summed E-state index contributed by atoms with van der Waals surface area (Å²) >= 11 is 0. The summed E-state index contributed by atoms with van der Waals surface area (Å²) in [6.07, 6.45) is 6.82. The molecule has 2 heterocycles. The van der Waals surface area contributed by atoms with Crippen molar-refractivity contribution in [2.75, 3.05) is 0 Å². The second-order valence-corrected chi connectivity index (χ2v) is 13.9. The lowest BCUT2D eigenvalue weighted by Crippen LogP contribution is -2.30. The highest BCUT2D eigenvalue weighted by Gasteiger charge is 2.47. The van der Waals surface area contributed by atoms with E-state index in [9.17, 15) is 0 Å². The van der Waals surface area contributed by atoms with Gasteiger partial charge in [0.15, 0.2) is 0 Å². The van der Waals surface area contributed by atoms with Crippen molar-refractivity contribution in [3.8, 4) is 11.4 Å². The van der Waals surface area contributed by atoms with Crippen molar-refractivity contribution < 1.29 is 0 Å². The van der Waals surface area contributed by atoms with E-state index in [1.165, 1.54) is 88.4 Å². The van der Waals surface area contributed by atoms with Gasteiger partial charge in [-0.1, -0.05) is 133 Å². The first-order valence-electron chi connectivity index (χ1n) is 18.0. The van der Waals surface area contributed by atoms with E-state index in [-0.39, 0.29) is 5.41 Å². The Morgan fingerprint density at radius 2 is 1.12 bits per heavy atom. The number of aromatic nitrogens is 2. The van der Waals surface area contributed by atoms with Gasteiger partial charge in [-0.3, -0.25) is 0 Å². The Bertz CT molecular complexity index is 2890. The summed E-state index contributed by atoms with van der Waals surface area (Å²) in [7, 11) is 0. The summed E-state index contributed by atoms with van der Waals surface area (Å²) in [6, 6.07) is 62.9. The number of nitrogens with zero attached hydrogens (tertiary/aromatic N) is 2. The van der Waals surface area contributed by atoms with Crippen LogP contribution in [0.3, 0.4) is 0 Å². The Morgan fingerprint density at radius 3 is 1.92 bits per heavy atom. The molecule has 0 aliphatic heterocycles. The Morgan fingerprint density at radius 1 is 0.471 bits per heavy atom. The fourth-order valence-electron chi connectivity index (χ4n) is 9.52. The lowest BCUT2D eigenvalue weighted by atomic mass is 9.65. The van der Waals surface area contributed by atoms with E-state index < -0.39 is 0 Å². The summed E-state index contributed by atoms with van der Waals surface area (Å²) in [5.41, 5.74) is 15.2. The first-order valence-corrected chi connectivity index (χ1v) is 18.0. The third kappa shape index (κ3) is 3.82. The zero-order valence-corrected chi connectivity index (χ0v) is 28.1. The maximum absolute atomic E-state index is 2.53. The molecule has 2 nitrogen and oxygen atoms in total. The molecule has 2 heteroatoms. The molecule has 0 N–H and O–H groups in total. The van der Waals surface area contributed by atoms with Crippen LogP contribution in [0.1, 0.15) is 35.1 Å². The van der Waals surface area contributed by atoms with Gasteiger partial charge in [0, 0.05) is 32.9 Å². The van der Waals surface area contributed by atoms with Crippen molar-refractivity contribution in [1.82, 2.24) is 9.13 Å². The van der Waals surface area contributed by atoms with Crippen LogP contribution < -0.4 is 0 Å². The van der Waals surface area contributed by atoms with Crippen LogP contribution in [0.25, 0.3) is 60.6 Å². The number of hydrogen-bond acceptors (Lipinski definition) is 0. The van der Waals surface area contributed by atoms with E-state index >= 15 is 0 Å². The zero-order valence-electron chi connectivity index (χ0n) is 28.1. The highest BCUT2D eigenvalue weighted by Crippen LogP contribution is 2.57. The molecule has 0 saturated carbocycles. The van der Waals surface area contributed by atoms with Gasteiger partial charge >= 0.3 is 0 Å². The van der Waals surface area contributed by atoms with Crippen molar-refractivity contribution in [3.63, 3.8) is 0 Å². The summed E-state index contributed by atoms with van der Waals surface area (Å²) in [6.45, 7) is 0. The molecule has 1 unspecified atom stereocenters. The average Bonchev–Trinajstić information content (AvgIpc) is 3.83. The molecule has 11 rings (SSSR count). The van der Waals surface area contributed by atoms with Crippen molar-refractivity contribution >= 4 is 49.2 Å². The standard InChI is InChI=1S/C49H34N2/c1-4-16-33(17-5-1)49(42-25-13-10-22-37(42)38-23-11-14-26-43(38)49)34-28-30-45-41(32-34)39-29-31-46-47(48(39)51(45)36-20-8-3-9-21-36)40-24-12-15-27-44(40)50(46)35-18-6-2-7-19-35/h1-13,15-25,27-32H,14,26H2. The van der Waals surface area contributed by atoms with E-state index in [1.807, 2.05) is 0 Å². The molecule has 0 saturated heterocycles. The summed E-state index contributed by atoms with van der Waals surface area (Å²) in [5.74, 6) is 0. The maximum atomic E-state index is 2.53. The van der Waals surface area contributed by atoms with Crippen molar-refractivity contribution in [3.05, 3.63) is 210 Å². The van der Waals surface area contributed by atoms with Crippen LogP contribution in [0.4, 0.5) is 0 Å². The van der Waals surface area contributed by atoms with Crippen LogP contribution in [-0.2, 0) is 5.41 Å². The molecule has 0 radical (unpaired) electrons. The lowest BCUT2D eigenvalue weighted by Gasteiger charge is -2.36. The topological polar surface area (TPSA) is 9.86 Å². The van der Waals surface area contributed by atoms with Gasteiger partial charge in [0.05, 0.1) is 27.5 Å². The van der Waals surface area contributed by atoms with Gasteiger partial charge in [-0.25, -0.2) is 0 Å². The molecule has 9 aromatic rings. The summed E-state index contributed by atoms with van der Waals surface area (Å²) in [4.78, 5) is 0. The molecular formula is C49H34N2. The van der Waals surface area contributed by atoms with Gasteiger partial charge in [0.25, 0.3) is 0 Å². The first-order chi connectivity index (χ1) is 25.3. The molecule has 240 valence electrons. The van der Waals surface area contributed by atoms with Crippen LogP contribution >= 0.6 is 0 Å². The Kier molecular flexibility index (Phi) is 6.03. The number of para-hydroxylation sites is 3. The van der Waals surface area contributed by atoms with E-state index in [4.69, 9.17) is 0 Å². The van der Waals surface area contributed by atoms with Crippen LogP contribution in [0.15, 0.2) is 188 Å². The number of rotatable bonds is 4. The van der Waals surface area contributed by atoms with Gasteiger partial charge < -0.3 is 9.13 Å². The third-order valence-electron chi connectivity index (χ3n) is 11.5. The van der Waals surface area contributed by atoms with Gasteiger partial charge in [-0.2, -0.15) is 0 Å². The second kappa shape index (κ2) is 10.8. The van der Waals surface area contributed by atoms with E-state index in [0.717, 1.165) is 12.8 Å². The van der Waals surface area contributed by atoms with Gasteiger partial charge in [0.1, 0.15) is 0 Å². The fraction of sp³-hybridized carbons (Fsp3) is 0.0612. The maximum Gasteiger partial charge on any atom is 0.0676 e. The van der Waals surface area contributed by atoms with Gasteiger partial charge in [0.2, 0.25) is 0 Å². The largest absolute Gasteiger partial charge is 0.309 e. The van der Waals surface area contributed by atoms with Gasteiger partial charge in [-0.15, -0.1) is 0 Å². The zero-order chi connectivity index (χ0) is 33.5. The number of benzene rings is 7. The predicted molar refractivity (Wildman–Crippen MR) is 213 cm³/mol. The number of allylic oxidation sites excluding steroid dienone is 4. The molecular weight excluding hydrogens is 617 g/mol. The lowest BCUT2D eigenvalue weighted by molar-refractivity contribution is 0.697. The van der Waals surface area contributed by atoms with Gasteiger partial charge in [-0.05, 0) is 94.8 Å². The van der Waals surface area contributed by atoms with Crippen LogP contribution in [0.2, 0.25) is 0 Å². The van der Waals surface area contributed by atoms with Crippen molar-refractivity contribution in [2.24, 2.45) is 0 Å². The smallest absolute Gasteiger partial charge is 0.0676 e. The molecule has 1 atom stereocenters.